The summed E-state index contributed by atoms with van der Waals surface area (Å²) in [6.45, 7) is 2.78. The SMILES string of the molecule is CNC1(CC(=O)N(C)Cc2cccc(C)c2)CCCCC1. The lowest BCUT2D eigenvalue weighted by molar-refractivity contribution is -0.132. The lowest BCUT2D eigenvalue weighted by Crippen LogP contribution is -2.48. The van der Waals surface area contributed by atoms with Gasteiger partial charge < -0.3 is 10.2 Å². The van der Waals surface area contributed by atoms with E-state index >= 15 is 0 Å². The standard InChI is InChI=1S/C18H28N2O/c1-15-8-7-9-16(12-15)14-20(3)17(21)13-18(19-2)10-5-4-6-11-18/h7-9,12,19H,4-6,10-11,13-14H2,1-3H3. The van der Waals surface area contributed by atoms with Crippen LogP contribution in [0.25, 0.3) is 0 Å². The molecule has 1 aliphatic rings. The van der Waals surface area contributed by atoms with E-state index in [9.17, 15) is 4.79 Å². The Labute approximate surface area is 128 Å². The Kier molecular flexibility index (Phi) is 5.40. The van der Waals surface area contributed by atoms with Crippen molar-refractivity contribution in [3.05, 3.63) is 35.4 Å². The molecule has 0 atom stereocenters. The number of nitrogens with one attached hydrogen (secondary N) is 1. The van der Waals surface area contributed by atoms with Gasteiger partial charge in [0.2, 0.25) is 5.91 Å². The Bertz CT molecular complexity index is 478. The first-order valence-corrected chi connectivity index (χ1v) is 8.03. The summed E-state index contributed by atoms with van der Waals surface area (Å²) in [6.07, 6.45) is 6.62. The number of carbonyl (C=O) groups excluding carboxylic acids is 1. The van der Waals surface area contributed by atoms with Crippen LogP contribution >= 0.6 is 0 Å². The predicted molar refractivity (Wildman–Crippen MR) is 87.1 cm³/mol. The molecule has 0 saturated heterocycles. The van der Waals surface area contributed by atoms with Crippen molar-refractivity contribution >= 4 is 5.91 Å². The highest BCUT2D eigenvalue weighted by atomic mass is 16.2. The maximum atomic E-state index is 12.6. The largest absolute Gasteiger partial charge is 0.341 e. The van der Waals surface area contributed by atoms with Crippen molar-refractivity contribution in [2.45, 2.75) is 57.5 Å². The minimum Gasteiger partial charge on any atom is -0.341 e. The Morgan fingerprint density at radius 2 is 2.00 bits per heavy atom. The second-order valence-corrected chi connectivity index (χ2v) is 6.51. The molecule has 0 radical (unpaired) electrons. The Balaban J connectivity index is 1.95. The Hall–Kier alpha value is -1.35. The first-order chi connectivity index (χ1) is 10.0. The molecule has 1 N–H and O–H groups in total. The van der Waals surface area contributed by atoms with E-state index in [0.717, 1.165) is 12.8 Å². The number of aryl methyl sites for hydroxylation is 1. The molecule has 1 saturated carbocycles. The molecule has 21 heavy (non-hydrogen) atoms. The molecule has 2 rings (SSSR count). The normalized spacial score (nSPS) is 17.5. The predicted octanol–water partition coefficient (Wildman–Crippen LogP) is 3.27. The molecule has 3 heteroatoms. The van der Waals surface area contributed by atoms with E-state index in [2.05, 4.69) is 36.5 Å². The van der Waals surface area contributed by atoms with Crippen LogP contribution in [0.5, 0.6) is 0 Å². The Morgan fingerprint density at radius 3 is 2.62 bits per heavy atom. The molecule has 1 aromatic carbocycles. The number of carbonyl (C=O) groups is 1. The molecule has 0 heterocycles. The van der Waals surface area contributed by atoms with E-state index in [1.54, 1.807) is 0 Å². The van der Waals surface area contributed by atoms with E-state index < -0.39 is 0 Å². The number of hydrogen-bond acceptors (Lipinski definition) is 2. The van der Waals surface area contributed by atoms with Crippen molar-refractivity contribution in [1.29, 1.82) is 0 Å². The Morgan fingerprint density at radius 1 is 1.29 bits per heavy atom. The van der Waals surface area contributed by atoms with Crippen LogP contribution in [0.1, 0.15) is 49.7 Å². The molecule has 0 unspecified atom stereocenters. The summed E-state index contributed by atoms with van der Waals surface area (Å²) in [4.78, 5) is 14.4. The van der Waals surface area contributed by atoms with E-state index in [0.29, 0.717) is 13.0 Å². The van der Waals surface area contributed by atoms with Gasteiger partial charge in [-0.3, -0.25) is 4.79 Å². The topological polar surface area (TPSA) is 32.3 Å². The highest BCUT2D eigenvalue weighted by Crippen LogP contribution is 2.31. The lowest BCUT2D eigenvalue weighted by Gasteiger charge is -2.37. The zero-order chi connectivity index (χ0) is 15.3. The minimum atomic E-state index is 0.0240. The van der Waals surface area contributed by atoms with Gasteiger partial charge in [-0.1, -0.05) is 49.1 Å². The van der Waals surface area contributed by atoms with Gasteiger partial charge in [-0.2, -0.15) is 0 Å². The summed E-state index contributed by atoms with van der Waals surface area (Å²) in [7, 11) is 3.91. The first-order valence-electron chi connectivity index (χ1n) is 8.03. The fourth-order valence-corrected chi connectivity index (χ4v) is 3.34. The van der Waals surface area contributed by atoms with Gasteiger partial charge in [0.25, 0.3) is 0 Å². The average Bonchev–Trinajstić information content (AvgIpc) is 2.48. The number of amides is 1. The van der Waals surface area contributed by atoms with Crippen LogP contribution in [0, 0.1) is 6.92 Å². The number of benzene rings is 1. The van der Waals surface area contributed by atoms with Gasteiger partial charge in [-0.15, -0.1) is 0 Å². The minimum absolute atomic E-state index is 0.0240. The van der Waals surface area contributed by atoms with Gasteiger partial charge in [-0.25, -0.2) is 0 Å². The zero-order valence-corrected chi connectivity index (χ0v) is 13.6. The highest BCUT2D eigenvalue weighted by molar-refractivity contribution is 5.77. The summed E-state index contributed by atoms with van der Waals surface area (Å²) in [5.41, 5.74) is 2.47. The van der Waals surface area contributed by atoms with Crippen molar-refractivity contribution in [1.82, 2.24) is 10.2 Å². The van der Waals surface area contributed by atoms with Crippen LogP contribution in [-0.2, 0) is 11.3 Å². The molecular weight excluding hydrogens is 260 g/mol. The molecule has 0 spiro atoms. The summed E-state index contributed by atoms with van der Waals surface area (Å²) in [6, 6.07) is 8.38. The fourth-order valence-electron chi connectivity index (χ4n) is 3.34. The molecule has 116 valence electrons. The molecule has 1 aromatic rings. The second-order valence-electron chi connectivity index (χ2n) is 6.51. The fraction of sp³-hybridized carbons (Fsp3) is 0.611. The van der Waals surface area contributed by atoms with Gasteiger partial charge in [-0.05, 0) is 32.4 Å². The highest BCUT2D eigenvalue weighted by Gasteiger charge is 2.33. The van der Waals surface area contributed by atoms with Crippen molar-refractivity contribution < 1.29 is 4.79 Å². The van der Waals surface area contributed by atoms with Gasteiger partial charge in [0.05, 0.1) is 0 Å². The quantitative estimate of drug-likeness (QED) is 0.902. The summed E-state index contributed by atoms with van der Waals surface area (Å²) in [5, 5.41) is 3.43. The van der Waals surface area contributed by atoms with Crippen molar-refractivity contribution in [3.8, 4) is 0 Å². The third-order valence-electron chi connectivity index (χ3n) is 4.76. The van der Waals surface area contributed by atoms with Crippen LogP contribution in [0.2, 0.25) is 0 Å². The van der Waals surface area contributed by atoms with E-state index in [1.165, 1.54) is 30.4 Å². The van der Waals surface area contributed by atoms with E-state index in [4.69, 9.17) is 0 Å². The van der Waals surface area contributed by atoms with E-state index in [1.807, 2.05) is 19.0 Å². The third-order valence-corrected chi connectivity index (χ3v) is 4.76. The van der Waals surface area contributed by atoms with Crippen LogP contribution in [0.3, 0.4) is 0 Å². The van der Waals surface area contributed by atoms with Gasteiger partial charge >= 0.3 is 0 Å². The molecule has 1 aliphatic carbocycles. The number of rotatable bonds is 5. The van der Waals surface area contributed by atoms with Crippen LogP contribution in [-0.4, -0.2) is 30.4 Å². The van der Waals surface area contributed by atoms with Crippen LogP contribution in [0.15, 0.2) is 24.3 Å². The maximum absolute atomic E-state index is 12.6. The molecule has 1 amide bonds. The van der Waals surface area contributed by atoms with Gasteiger partial charge in [0, 0.05) is 25.6 Å². The smallest absolute Gasteiger partial charge is 0.224 e. The summed E-state index contributed by atoms with van der Waals surface area (Å²) in [5.74, 6) is 0.243. The third kappa shape index (κ3) is 4.31. The average molecular weight is 288 g/mol. The molecule has 0 aliphatic heterocycles. The maximum Gasteiger partial charge on any atom is 0.224 e. The van der Waals surface area contributed by atoms with Crippen LogP contribution in [0.4, 0.5) is 0 Å². The summed E-state index contributed by atoms with van der Waals surface area (Å²) >= 11 is 0. The molecule has 0 bridgehead atoms. The lowest BCUT2D eigenvalue weighted by atomic mass is 9.79. The molecule has 1 fully saturated rings. The van der Waals surface area contributed by atoms with Gasteiger partial charge in [0.1, 0.15) is 0 Å². The number of hydrogen-bond donors (Lipinski definition) is 1. The van der Waals surface area contributed by atoms with E-state index in [-0.39, 0.29) is 11.4 Å². The number of nitrogens with zero attached hydrogens (tertiary/aromatic N) is 1. The molecule has 3 nitrogen and oxygen atoms in total. The van der Waals surface area contributed by atoms with Crippen molar-refractivity contribution in [2.75, 3.05) is 14.1 Å². The second kappa shape index (κ2) is 7.08. The van der Waals surface area contributed by atoms with Crippen LogP contribution < -0.4 is 5.32 Å². The molecular formula is C18H28N2O. The summed E-state index contributed by atoms with van der Waals surface area (Å²) < 4.78 is 0. The first kappa shape index (κ1) is 16.0. The monoisotopic (exact) mass is 288 g/mol. The molecule has 0 aromatic heterocycles. The van der Waals surface area contributed by atoms with Gasteiger partial charge in [0.15, 0.2) is 0 Å². The zero-order valence-electron chi connectivity index (χ0n) is 13.6. The van der Waals surface area contributed by atoms with Crippen molar-refractivity contribution in [2.24, 2.45) is 0 Å². The van der Waals surface area contributed by atoms with Crippen molar-refractivity contribution in [3.63, 3.8) is 0 Å².